The fourth-order valence-corrected chi connectivity index (χ4v) is 1.81. The van der Waals surface area contributed by atoms with Crippen molar-refractivity contribution >= 4 is 5.97 Å². The van der Waals surface area contributed by atoms with Crippen LogP contribution in [0.15, 0.2) is 12.1 Å². The summed E-state index contributed by atoms with van der Waals surface area (Å²) < 4.78 is 40.4. The van der Waals surface area contributed by atoms with E-state index in [1.54, 1.807) is 13.8 Å². The van der Waals surface area contributed by atoms with Crippen molar-refractivity contribution in [2.75, 3.05) is 0 Å². The number of carbonyl (C=O) groups is 1. The van der Waals surface area contributed by atoms with Gasteiger partial charge in [-0.3, -0.25) is 0 Å². The normalized spacial score (nSPS) is 11.1. The van der Waals surface area contributed by atoms with Gasteiger partial charge < -0.3 is 5.11 Å². The van der Waals surface area contributed by atoms with Gasteiger partial charge in [0.05, 0.1) is 11.4 Å². The Morgan fingerprint density at radius 2 is 1.80 bits per heavy atom. The Morgan fingerprint density at radius 3 is 2.25 bits per heavy atom. The van der Waals surface area contributed by atoms with E-state index in [0.29, 0.717) is 0 Å². The van der Waals surface area contributed by atoms with E-state index in [-0.39, 0.29) is 23.0 Å². The summed E-state index contributed by atoms with van der Waals surface area (Å²) in [5, 5.41) is 16.0. The molecule has 0 bridgehead atoms. The van der Waals surface area contributed by atoms with Crippen molar-refractivity contribution in [3.05, 3.63) is 41.0 Å². The van der Waals surface area contributed by atoms with Crippen molar-refractivity contribution in [2.24, 2.45) is 0 Å². The molecule has 2 aromatic rings. The van der Waals surface area contributed by atoms with Gasteiger partial charge >= 0.3 is 5.97 Å². The maximum absolute atomic E-state index is 13.2. The summed E-state index contributed by atoms with van der Waals surface area (Å²) in [5.74, 6) is -5.99. The molecule has 1 N–H and O–H groups in total. The van der Waals surface area contributed by atoms with E-state index in [1.165, 1.54) is 0 Å². The van der Waals surface area contributed by atoms with Crippen LogP contribution in [-0.2, 0) is 0 Å². The third-order valence-electron chi connectivity index (χ3n) is 2.67. The molecule has 1 aromatic carbocycles. The van der Waals surface area contributed by atoms with E-state index in [2.05, 4.69) is 10.3 Å². The highest BCUT2D eigenvalue weighted by Gasteiger charge is 2.23. The number of benzene rings is 1. The van der Waals surface area contributed by atoms with Gasteiger partial charge in [0, 0.05) is 12.1 Å². The number of aromatic nitrogens is 3. The van der Waals surface area contributed by atoms with Gasteiger partial charge in [-0.2, -0.15) is 0 Å². The monoisotopic (exact) mass is 285 g/mol. The first-order chi connectivity index (χ1) is 9.32. The molecular formula is C12H10F3N3O2. The number of hydrogen-bond acceptors (Lipinski definition) is 3. The van der Waals surface area contributed by atoms with Crippen molar-refractivity contribution in [2.45, 2.75) is 19.8 Å². The smallest absolute Gasteiger partial charge is 0.358 e. The number of rotatable bonds is 3. The second kappa shape index (κ2) is 4.95. The van der Waals surface area contributed by atoms with Gasteiger partial charge in [-0.15, -0.1) is 5.10 Å². The lowest BCUT2D eigenvalue weighted by molar-refractivity contribution is 0.0688. The standard InChI is InChI=1S/C12H10F3N3O2/c1-5(2)11-10(12(19)20)16-17-18(11)6-3-7(13)9(15)8(14)4-6/h3-5H,1-2H3,(H,19,20). The maximum atomic E-state index is 13.2. The average Bonchev–Trinajstić information content (AvgIpc) is 2.80. The maximum Gasteiger partial charge on any atom is 0.358 e. The van der Waals surface area contributed by atoms with Gasteiger partial charge in [-0.1, -0.05) is 19.1 Å². The molecule has 0 radical (unpaired) electrons. The molecule has 0 spiro atoms. The summed E-state index contributed by atoms with van der Waals surface area (Å²) in [6.07, 6.45) is 0. The summed E-state index contributed by atoms with van der Waals surface area (Å²) in [6, 6.07) is 1.45. The Hall–Kier alpha value is -2.38. The molecule has 0 aliphatic rings. The molecule has 20 heavy (non-hydrogen) atoms. The fourth-order valence-electron chi connectivity index (χ4n) is 1.81. The predicted molar refractivity (Wildman–Crippen MR) is 62.3 cm³/mol. The molecule has 2 rings (SSSR count). The van der Waals surface area contributed by atoms with Crippen molar-refractivity contribution in [3.63, 3.8) is 0 Å². The molecule has 0 saturated heterocycles. The molecule has 106 valence electrons. The van der Waals surface area contributed by atoms with Crippen LogP contribution < -0.4 is 0 Å². The minimum absolute atomic E-state index is 0.134. The van der Waals surface area contributed by atoms with Crippen LogP contribution >= 0.6 is 0 Å². The molecule has 0 amide bonds. The molecule has 1 heterocycles. The first kappa shape index (κ1) is 14.0. The number of aromatic carboxylic acids is 1. The van der Waals surface area contributed by atoms with Gasteiger partial charge in [0.1, 0.15) is 0 Å². The summed E-state index contributed by atoms with van der Waals surface area (Å²) in [5.41, 5.74) is -0.279. The molecule has 1 aromatic heterocycles. The Bertz CT molecular complexity index is 660. The number of halogens is 3. The molecule has 5 nitrogen and oxygen atoms in total. The minimum atomic E-state index is -1.60. The van der Waals surface area contributed by atoms with E-state index in [9.17, 15) is 18.0 Å². The molecule has 8 heteroatoms. The summed E-state index contributed by atoms with van der Waals surface area (Å²) in [7, 11) is 0. The second-order valence-corrected chi connectivity index (χ2v) is 4.42. The molecule has 0 unspecified atom stereocenters. The van der Waals surface area contributed by atoms with Crippen LogP contribution in [0.4, 0.5) is 13.2 Å². The van der Waals surface area contributed by atoms with Crippen LogP contribution in [0.5, 0.6) is 0 Å². The molecule has 0 aliphatic carbocycles. The predicted octanol–water partition coefficient (Wildman–Crippen LogP) is 2.51. The van der Waals surface area contributed by atoms with Crippen molar-refractivity contribution < 1.29 is 23.1 Å². The minimum Gasteiger partial charge on any atom is -0.476 e. The van der Waals surface area contributed by atoms with Crippen LogP contribution in [0.2, 0.25) is 0 Å². The molecule has 0 saturated carbocycles. The summed E-state index contributed by atoms with van der Waals surface area (Å²) in [6.45, 7) is 3.36. The SMILES string of the molecule is CC(C)c1c(C(=O)O)nnn1-c1cc(F)c(F)c(F)c1. The quantitative estimate of drug-likeness (QED) is 0.880. The van der Waals surface area contributed by atoms with Crippen LogP contribution in [-0.4, -0.2) is 26.1 Å². The Morgan fingerprint density at radius 1 is 1.25 bits per heavy atom. The second-order valence-electron chi connectivity index (χ2n) is 4.42. The number of hydrogen-bond donors (Lipinski definition) is 1. The Labute approximate surface area is 111 Å². The third kappa shape index (κ3) is 2.24. The Kier molecular flexibility index (Phi) is 3.47. The average molecular weight is 285 g/mol. The summed E-state index contributed by atoms with van der Waals surface area (Å²) >= 11 is 0. The van der Waals surface area contributed by atoms with Gasteiger partial charge in [0.15, 0.2) is 23.1 Å². The first-order valence-electron chi connectivity index (χ1n) is 5.66. The van der Waals surface area contributed by atoms with Gasteiger partial charge in [0.25, 0.3) is 0 Å². The zero-order valence-electron chi connectivity index (χ0n) is 10.6. The van der Waals surface area contributed by atoms with E-state index in [4.69, 9.17) is 5.11 Å². The highest BCUT2D eigenvalue weighted by atomic mass is 19.2. The largest absolute Gasteiger partial charge is 0.476 e. The van der Waals surface area contributed by atoms with Gasteiger partial charge in [0.2, 0.25) is 0 Å². The lowest BCUT2D eigenvalue weighted by Gasteiger charge is -2.10. The zero-order chi connectivity index (χ0) is 15.0. The lowest BCUT2D eigenvalue weighted by atomic mass is 10.1. The number of carboxylic acids is 1. The highest BCUT2D eigenvalue weighted by Crippen LogP contribution is 2.23. The molecule has 0 aliphatic heterocycles. The van der Waals surface area contributed by atoms with E-state index < -0.39 is 23.4 Å². The Balaban J connectivity index is 2.67. The van der Waals surface area contributed by atoms with Crippen molar-refractivity contribution in [1.29, 1.82) is 0 Å². The van der Waals surface area contributed by atoms with Crippen LogP contribution in [0, 0.1) is 17.5 Å². The van der Waals surface area contributed by atoms with E-state index in [1.807, 2.05) is 0 Å². The van der Waals surface area contributed by atoms with Crippen molar-refractivity contribution in [3.8, 4) is 5.69 Å². The lowest BCUT2D eigenvalue weighted by Crippen LogP contribution is -2.09. The van der Waals surface area contributed by atoms with Crippen LogP contribution in [0.25, 0.3) is 5.69 Å². The van der Waals surface area contributed by atoms with Crippen molar-refractivity contribution in [1.82, 2.24) is 15.0 Å². The summed E-state index contributed by atoms with van der Waals surface area (Å²) in [4.78, 5) is 11.0. The molecule has 0 fully saturated rings. The number of carboxylic acid groups (broad SMARTS) is 1. The number of nitrogens with zero attached hydrogens (tertiary/aromatic N) is 3. The van der Waals surface area contributed by atoms with Gasteiger partial charge in [-0.25, -0.2) is 22.6 Å². The van der Waals surface area contributed by atoms with E-state index >= 15 is 0 Å². The topological polar surface area (TPSA) is 68.0 Å². The van der Waals surface area contributed by atoms with Crippen LogP contribution in [0.1, 0.15) is 35.9 Å². The molecular weight excluding hydrogens is 275 g/mol. The fraction of sp³-hybridized carbons (Fsp3) is 0.250. The first-order valence-corrected chi connectivity index (χ1v) is 5.66. The van der Waals surface area contributed by atoms with E-state index in [0.717, 1.165) is 16.8 Å². The van der Waals surface area contributed by atoms with Gasteiger partial charge in [-0.05, 0) is 5.92 Å². The third-order valence-corrected chi connectivity index (χ3v) is 2.67. The zero-order valence-corrected chi connectivity index (χ0v) is 10.6. The van der Waals surface area contributed by atoms with Crippen LogP contribution in [0.3, 0.4) is 0 Å². The molecule has 0 atom stereocenters. The highest BCUT2D eigenvalue weighted by molar-refractivity contribution is 5.86.